The highest BCUT2D eigenvalue weighted by Gasteiger charge is 2.37. The zero-order valence-corrected chi connectivity index (χ0v) is 15.0. The number of hydrogen-bond acceptors (Lipinski definition) is 4. The summed E-state index contributed by atoms with van der Waals surface area (Å²) in [7, 11) is 0.678. The van der Waals surface area contributed by atoms with Gasteiger partial charge in [0.05, 0.1) is 12.2 Å². The Bertz CT molecular complexity index is 845. The summed E-state index contributed by atoms with van der Waals surface area (Å²) in [6.07, 6.45) is 0.00111. The quantitative estimate of drug-likeness (QED) is 0.793. The van der Waals surface area contributed by atoms with Gasteiger partial charge in [-0.05, 0) is 12.5 Å². The van der Waals surface area contributed by atoms with E-state index in [9.17, 15) is 22.2 Å². The first-order valence-electron chi connectivity index (χ1n) is 7.89. The minimum atomic E-state index is -4.56. The van der Waals surface area contributed by atoms with Crippen LogP contribution < -0.4 is 0 Å². The van der Waals surface area contributed by atoms with E-state index >= 15 is 0 Å². The first kappa shape index (κ1) is 18.6. The van der Waals surface area contributed by atoms with Gasteiger partial charge < -0.3 is 4.90 Å². The summed E-state index contributed by atoms with van der Waals surface area (Å²) in [4.78, 5) is 14.2. The smallest absolute Gasteiger partial charge is 0.332 e. The molecule has 0 N–H and O–H groups in total. The number of halogens is 3. The van der Waals surface area contributed by atoms with Crippen LogP contribution in [0, 0.1) is 6.92 Å². The molecule has 3 rings (SSSR count). The van der Waals surface area contributed by atoms with Crippen molar-refractivity contribution in [2.75, 3.05) is 18.1 Å². The Morgan fingerprint density at radius 2 is 2.12 bits per heavy atom. The van der Waals surface area contributed by atoms with Crippen LogP contribution in [0.25, 0.3) is 0 Å². The molecule has 2 unspecified atom stereocenters. The van der Waals surface area contributed by atoms with Gasteiger partial charge in [-0.1, -0.05) is 0 Å². The van der Waals surface area contributed by atoms with E-state index in [4.69, 9.17) is 0 Å². The molecule has 0 aliphatic carbocycles. The van der Waals surface area contributed by atoms with Gasteiger partial charge in [0.2, 0.25) is 5.91 Å². The number of amides is 1. The fourth-order valence-electron chi connectivity index (χ4n) is 3.00. The highest BCUT2D eigenvalue weighted by atomic mass is 32.2. The number of alkyl halides is 3. The highest BCUT2D eigenvalue weighted by Crippen LogP contribution is 2.30. The van der Waals surface area contributed by atoms with E-state index in [1.807, 2.05) is 0 Å². The average Bonchev–Trinajstić information content (AvgIpc) is 3.12. The minimum Gasteiger partial charge on any atom is -0.332 e. The van der Waals surface area contributed by atoms with E-state index in [1.54, 1.807) is 29.0 Å². The second-order valence-corrected chi connectivity index (χ2v) is 7.84. The van der Waals surface area contributed by atoms with Gasteiger partial charge in [-0.25, -0.2) is 0 Å². The van der Waals surface area contributed by atoms with E-state index in [2.05, 4.69) is 10.2 Å². The van der Waals surface area contributed by atoms with Crippen LogP contribution in [0.3, 0.4) is 0 Å². The molecule has 0 radical (unpaired) electrons. The van der Waals surface area contributed by atoms with E-state index in [-0.39, 0.29) is 30.3 Å². The molecule has 2 aromatic rings. The molecule has 0 saturated carbocycles. The lowest BCUT2D eigenvalue weighted by atomic mass is 10.1. The van der Waals surface area contributed by atoms with Gasteiger partial charge in [0.25, 0.3) is 0 Å². The molecule has 1 saturated heterocycles. The fraction of sp³-hybridized carbons (Fsp3) is 0.533. The van der Waals surface area contributed by atoms with Crippen molar-refractivity contribution in [2.45, 2.75) is 25.7 Å². The van der Waals surface area contributed by atoms with Crippen LogP contribution in [0.15, 0.2) is 18.6 Å². The molecule has 26 heavy (non-hydrogen) atoms. The molecule has 1 amide bonds. The summed E-state index contributed by atoms with van der Waals surface area (Å²) < 4.78 is 53.1. The largest absolute Gasteiger partial charge is 0.435 e. The Kier molecular flexibility index (Phi) is 4.91. The van der Waals surface area contributed by atoms with Crippen LogP contribution in [0.1, 0.15) is 22.9 Å². The number of carbonyl (C=O) groups excluding carboxylic acids is 1. The summed E-state index contributed by atoms with van der Waals surface area (Å²) in [6.45, 7) is 1.27. The molecule has 1 aliphatic heterocycles. The number of hydrogen-bond donors (Lipinski definition) is 0. The molecule has 11 heteroatoms. The number of rotatable bonds is 3. The third-order valence-corrected chi connectivity index (χ3v) is 5.55. The van der Waals surface area contributed by atoms with Gasteiger partial charge >= 0.3 is 6.18 Å². The van der Waals surface area contributed by atoms with Crippen molar-refractivity contribution in [2.24, 2.45) is 7.05 Å². The molecule has 0 bridgehead atoms. The molecular weight excluding hydrogens is 371 g/mol. The van der Waals surface area contributed by atoms with Crippen molar-refractivity contribution >= 4 is 16.7 Å². The van der Waals surface area contributed by atoms with Gasteiger partial charge in [-0.3, -0.25) is 18.4 Å². The van der Waals surface area contributed by atoms with Crippen molar-refractivity contribution in [3.05, 3.63) is 35.4 Å². The van der Waals surface area contributed by atoms with Crippen LogP contribution in [-0.2, 0) is 35.4 Å². The van der Waals surface area contributed by atoms with Crippen molar-refractivity contribution in [3.63, 3.8) is 0 Å². The van der Waals surface area contributed by atoms with Crippen LogP contribution in [0.4, 0.5) is 13.2 Å². The third-order valence-electron chi connectivity index (χ3n) is 4.22. The summed E-state index contributed by atoms with van der Waals surface area (Å²) in [6, 6.07) is -0.412. The van der Waals surface area contributed by atoms with E-state index < -0.39 is 28.7 Å². The maximum Gasteiger partial charge on any atom is 0.435 e. The third kappa shape index (κ3) is 3.81. The monoisotopic (exact) mass is 389 g/mol. The number of aryl methyl sites for hydroxylation is 2. The van der Waals surface area contributed by atoms with Gasteiger partial charge in [0.1, 0.15) is 6.54 Å². The standard InChI is InChI=1S/C15H18F3N5O2S/c1-10-6-22(20-14(10)15(16,17)18)8-13(24)23-3-4-26(25)9-12(23)11-5-19-21(2)7-11/h5-7,12H,3-4,8-9H2,1-2H3. The molecular formula is C15H18F3N5O2S. The Hall–Kier alpha value is -2.17. The number of carbonyl (C=O) groups is 1. The summed E-state index contributed by atoms with van der Waals surface area (Å²) in [5, 5.41) is 7.57. The van der Waals surface area contributed by atoms with E-state index in [1.165, 1.54) is 13.1 Å². The lowest BCUT2D eigenvalue weighted by molar-refractivity contribution is -0.142. The van der Waals surface area contributed by atoms with Gasteiger partial charge in [0.15, 0.2) is 5.69 Å². The van der Waals surface area contributed by atoms with Crippen LogP contribution >= 0.6 is 0 Å². The molecule has 1 aliphatic rings. The Morgan fingerprint density at radius 3 is 2.69 bits per heavy atom. The molecule has 7 nitrogen and oxygen atoms in total. The SMILES string of the molecule is Cc1cn(CC(=O)N2CCS(=O)CC2c2cnn(C)c2)nc1C(F)(F)F. The van der Waals surface area contributed by atoms with Crippen LogP contribution in [-0.4, -0.2) is 52.6 Å². The number of aromatic nitrogens is 4. The van der Waals surface area contributed by atoms with Gasteiger partial charge in [-0.2, -0.15) is 23.4 Å². The molecule has 2 atom stereocenters. The Balaban J connectivity index is 1.80. The highest BCUT2D eigenvalue weighted by molar-refractivity contribution is 7.85. The molecule has 0 aromatic carbocycles. The topological polar surface area (TPSA) is 73.0 Å². The summed E-state index contributed by atoms with van der Waals surface area (Å²) in [5.41, 5.74) is -0.274. The fourth-order valence-corrected chi connectivity index (χ4v) is 4.30. The zero-order chi connectivity index (χ0) is 19.1. The summed E-state index contributed by atoms with van der Waals surface area (Å²) >= 11 is 0. The normalized spacial score (nSPS) is 21.2. The first-order valence-corrected chi connectivity index (χ1v) is 9.38. The Morgan fingerprint density at radius 1 is 1.38 bits per heavy atom. The molecule has 2 aromatic heterocycles. The lowest BCUT2D eigenvalue weighted by Crippen LogP contribution is -2.45. The van der Waals surface area contributed by atoms with Crippen molar-refractivity contribution in [1.82, 2.24) is 24.5 Å². The predicted molar refractivity (Wildman–Crippen MR) is 87.5 cm³/mol. The van der Waals surface area contributed by atoms with Crippen LogP contribution in [0.5, 0.6) is 0 Å². The second kappa shape index (κ2) is 6.86. The van der Waals surface area contributed by atoms with Gasteiger partial charge in [-0.15, -0.1) is 0 Å². The van der Waals surface area contributed by atoms with E-state index in [0.29, 0.717) is 5.75 Å². The second-order valence-electron chi connectivity index (χ2n) is 6.22. The molecule has 1 fully saturated rings. The molecule has 0 spiro atoms. The molecule has 3 heterocycles. The number of nitrogens with zero attached hydrogens (tertiary/aromatic N) is 5. The maximum atomic E-state index is 12.9. The Labute approximate surface area is 150 Å². The average molecular weight is 389 g/mol. The van der Waals surface area contributed by atoms with Gasteiger partial charge in [0, 0.05) is 53.9 Å². The lowest BCUT2D eigenvalue weighted by Gasteiger charge is -2.34. The van der Waals surface area contributed by atoms with Crippen molar-refractivity contribution in [1.29, 1.82) is 0 Å². The summed E-state index contributed by atoms with van der Waals surface area (Å²) in [5.74, 6) is 0.254. The van der Waals surface area contributed by atoms with Crippen LogP contribution in [0.2, 0.25) is 0 Å². The molecule has 142 valence electrons. The predicted octanol–water partition coefficient (Wildman–Crippen LogP) is 1.28. The van der Waals surface area contributed by atoms with Crippen molar-refractivity contribution < 1.29 is 22.2 Å². The van der Waals surface area contributed by atoms with Crippen molar-refractivity contribution in [3.8, 4) is 0 Å². The first-order chi connectivity index (χ1) is 12.1. The zero-order valence-electron chi connectivity index (χ0n) is 14.2. The van der Waals surface area contributed by atoms with E-state index in [0.717, 1.165) is 10.2 Å². The maximum absolute atomic E-state index is 12.9. The minimum absolute atomic E-state index is 0.0335.